The van der Waals surface area contributed by atoms with Gasteiger partial charge in [-0.05, 0) is 55.5 Å². The van der Waals surface area contributed by atoms with Crippen molar-refractivity contribution in [2.45, 2.75) is 11.8 Å². The van der Waals surface area contributed by atoms with Gasteiger partial charge in [0.15, 0.2) is 0 Å². The van der Waals surface area contributed by atoms with Crippen molar-refractivity contribution in [2.24, 2.45) is 5.14 Å². The summed E-state index contributed by atoms with van der Waals surface area (Å²) in [5, 5.41) is 22.1. The maximum Gasteiger partial charge on any atom is 0.266 e. The molecular formula is C26H21N5O3S. The summed E-state index contributed by atoms with van der Waals surface area (Å²) in [4.78, 5) is 12.8. The highest BCUT2D eigenvalue weighted by Gasteiger charge is 2.16. The molecule has 9 heteroatoms. The Hall–Kier alpha value is -4.52. The van der Waals surface area contributed by atoms with Crippen LogP contribution in [0.3, 0.4) is 0 Å². The number of anilines is 1. The third kappa shape index (κ3) is 5.52. The topological polar surface area (TPSA) is 131 Å². The van der Waals surface area contributed by atoms with Gasteiger partial charge in [-0.25, -0.2) is 18.2 Å². The second-order valence-corrected chi connectivity index (χ2v) is 9.34. The van der Waals surface area contributed by atoms with E-state index in [1.165, 1.54) is 30.3 Å². The number of rotatable bonds is 6. The summed E-state index contributed by atoms with van der Waals surface area (Å²) in [5.41, 5.74) is 4.13. The molecule has 0 saturated heterocycles. The van der Waals surface area contributed by atoms with Crippen molar-refractivity contribution < 1.29 is 13.2 Å². The number of carbonyl (C=O) groups is 1. The Bertz CT molecular complexity index is 1570. The molecule has 4 rings (SSSR count). The van der Waals surface area contributed by atoms with Crippen LogP contribution in [0.15, 0.2) is 95.5 Å². The molecular weight excluding hydrogens is 462 g/mol. The van der Waals surface area contributed by atoms with E-state index in [-0.39, 0.29) is 10.5 Å². The number of aromatic nitrogens is 2. The van der Waals surface area contributed by atoms with E-state index in [0.717, 1.165) is 16.8 Å². The van der Waals surface area contributed by atoms with E-state index in [1.807, 2.05) is 67.6 Å². The van der Waals surface area contributed by atoms with Crippen LogP contribution in [-0.4, -0.2) is 24.1 Å². The van der Waals surface area contributed by atoms with Crippen LogP contribution in [0.2, 0.25) is 0 Å². The highest BCUT2D eigenvalue weighted by molar-refractivity contribution is 7.89. The van der Waals surface area contributed by atoms with E-state index >= 15 is 0 Å². The van der Waals surface area contributed by atoms with Crippen molar-refractivity contribution in [3.8, 4) is 23.0 Å². The van der Waals surface area contributed by atoms with Gasteiger partial charge in [0.2, 0.25) is 10.0 Å². The molecule has 0 unspecified atom stereocenters. The molecule has 8 nitrogen and oxygen atoms in total. The number of primary sulfonamides is 1. The van der Waals surface area contributed by atoms with Crippen LogP contribution < -0.4 is 10.5 Å². The molecule has 0 saturated carbocycles. The van der Waals surface area contributed by atoms with Crippen LogP contribution in [0, 0.1) is 18.3 Å². The Labute approximate surface area is 203 Å². The van der Waals surface area contributed by atoms with Gasteiger partial charge in [0.1, 0.15) is 17.3 Å². The maximum atomic E-state index is 12.8. The third-order valence-electron chi connectivity index (χ3n) is 5.16. The SMILES string of the molecule is Cc1cccc(-c2nn(-c3ccccc3)cc2/C=C(\C#N)C(=O)Nc2ccc(S(N)(=O)=O)cc2)c1. The first-order valence-corrected chi connectivity index (χ1v) is 12.1. The number of benzene rings is 3. The molecule has 3 N–H and O–H groups in total. The largest absolute Gasteiger partial charge is 0.321 e. The number of carbonyl (C=O) groups excluding carboxylic acids is 1. The molecule has 0 aliphatic carbocycles. The Morgan fingerprint density at radius 1 is 1.06 bits per heavy atom. The Morgan fingerprint density at radius 2 is 1.77 bits per heavy atom. The number of aryl methyl sites for hydroxylation is 1. The molecule has 35 heavy (non-hydrogen) atoms. The highest BCUT2D eigenvalue weighted by Crippen LogP contribution is 2.27. The lowest BCUT2D eigenvalue weighted by atomic mass is 10.0. The molecule has 0 aliphatic rings. The minimum Gasteiger partial charge on any atom is -0.321 e. The van der Waals surface area contributed by atoms with E-state index in [4.69, 9.17) is 10.2 Å². The fourth-order valence-electron chi connectivity index (χ4n) is 3.45. The fraction of sp³-hybridized carbons (Fsp3) is 0.0385. The number of nitrogens with one attached hydrogen (secondary N) is 1. The minimum atomic E-state index is -3.85. The van der Waals surface area contributed by atoms with Gasteiger partial charge < -0.3 is 5.32 Å². The highest BCUT2D eigenvalue weighted by atomic mass is 32.2. The van der Waals surface area contributed by atoms with Crippen molar-refractivity contribution in [3.05, 3.63) is 102 Å². The number of nitrogens with two attached hydrogens (primary N) is 1. The Kier molecular flexibility index (Phi) is 6.59. The van der Waals surface area contributed by atoms with Crippen LogP contribution in [0.25, 0.3) is 23.0 Å². The molecule has 0 atom stereocenters. The lowest BCUT2D eigenvalue weighted by Gasteiger charge is -2.05. The fourth-order valence-corrected chi connectivity index (χ4v) is 3.97. The summed E-state index contributed by atoms with van der Waals surface area (Å²) < 4.78 is 24.6. The van der Waals surface area contributed by atoms with Crippen LogP contribution in [-0.2, 0) is 14.8 Å². The molecule has 174 valence electrons. The molecule has 0 aliphatic heterocycles. The van der Waals surface area contributed by atoms with E-state index in [2.05, 4.69) is 5.32 Å². The maximum absolute atomic E-state index is 12.8. The number of amides is 1. The van der Waals surface area contributed by atoms with Gasteiger partial charge in [-0.15, -0.1) is 0 Å². The predicted molar refractivity (Wildman–Crippen MR) is 134 cm³/mol. The predicted octanol–water partition coefficient (Wildman–Crippen LogP) is 4.04. The van der Waals surface area contributed by atoms with Gasteiger partial charge in [-0.2, -0.15) is 10.4 Å². The molecule has 1 aromatic heterocycles. The third-order valence-corrected chi connectivity index (χ3v) is 6.09. The standard InChI is InChI=1S/C26H21N5O3S/c1-18-6-5-7-19(14-18)25-21(17-31(30-25)23-8-3-2-4-9-23)15-20(16-27)26(32)29-22-10-12-24(13-11-22)35(28,33)34/h2-15,17H,1H3,(H,29,32)(H2,28,33,34)/b20-15+. The van der Waals surface area contributed by atoms with E-state index in [9.17, 15) is 18.5 Å². The number of nitriles is 1. The zero-order valence-electron chi connectivity index (χ0n) is 18.7. The van der Waals surface area contributed by atoms with Crippen molar-refractivity contribution in [1.82, 2.24) is 9.78 Å². The Balaban J connectivity index is 1.71. The van der Waals surface area contributed by atoms with E-state index < -0.39 is 15.9 Å². The van der Waals surface area contributed by atoms with Crippen LogP contribution in [0.5, 0.6) is 0 Å². The van der Waals surface area contributed by atoms with Gasteiger partial charge in [0.25, 0.3) is 5.91 Å². The number of hydrogen-bond acceptors (Lipinski definition) is 5. The number of hydrogen-bond donors (Lipinski definition) is 2. The number of para-hydroxylation sites is 1. The van der Waals surface area contributed by atoms with E-state index in [0.29, 0.717) is 16.9 Å². The average molecular weight is 484 g/mol. The molecule has 0 radical (unpaired) electrons. The van der Waals surface area contributed by atoms with Crippen LogP contribution >= 0.6 is 0 Å². The zero-order chi connectivity index (χ0) is 25.0. The normalized spacial score (nSPS) is 11.6. The zero-order valence-corrected chi connectivity index (χ0v) is 19.5. The van der Waals surface area contributed by atoms with Crippen molar-refractivity contribution >= 4 is 27.7 Å². The van der Waals surface area contributed by atoms with Gasteiger partial charge >= 0.3 is 0 Å². The monoisotopic (exact) mass is 483 g/mol. The second-order valence-electron chi connectivity index (χ2n) is 7.78. The van der Waals surface area contributed by atoms with Gasteiger partial charge in [-0.3, -0.25) is 4.79 Å². The van der Waals surface area contributed by atoms with Gasteiger partial charge in [0.05, 0.1) is 10.6 Å². The Morgan fingerprint density at radius 3 is 2.40 bits per heavy atom. The van der Waals surface area contributed by atoms with Crippen LogP contribution in [0.1, 0.15) is 11.1 Å². The molecule has 4 aromatic rings. The molecule has 0 bridgehead atoms. The van der Waals surface area contributed by atoms with E-state index in [1.54, 1.807) is 10.9 Å². The van der Waals surface area contributed by atoms with Crippen molar-refractivity contribution in [1.29, 1.82) is 5.26 Å². The molecule has 0 spiro atoms. The summed E-state index contributed by atoms with van der Waals surface area (Å²) in [6, 6.07) is 24.6. The smallest absolute Gasteiger partial charge is 0.266 e. The van der Waals surface area contributed by atoms with Crippen molar-refractivity contribution in [2.75, 3.05) is 5.32 Å². The number of nitrogens with zero attached hydrogens (tertiary/aromatic N) is 3. The molecule has 1 amide bonds. The average Bonchev–Trinajstić information content (AvgIpc) is 3.27. The molecule has 3 aromatic carbocycles. The second kappa shape index (κ2) is 9.77. The minimum absolute atomic E-state index is 0.0809. The first kappa shape index (κ1) is 23.6. The molecule has 1 heterocycles. The summed E-state index contributed by atoms with van der Waals surface area (Å²) in [7, 11) is -3.85. The summed E-state index contributed by atoms with van der Waals surface area (Å²) >= 11 is 0. The first-order chi connectivity index (χ1) is 16.7. The summed E-state index contributed by atoms with van der Waals surface area (Å²) in [6.45, 7) is 1.97. The van der Waals surface area contributed by atoms with Gasteiger partial charge in [0, 0.05) is 23.0 Å². The first-order valence-electron chi connectivity index (χ1n) is 10.5. The summed E-state index contributed by atoms with van der Waals surface area (Å²) in [5.74, 6) is -0.640. The molecule has 0 fully saturated rings. The lowest BCUT2D eigenvalue weighted by Crippen LogP contribution is -2.14. The van der Waals surface area contributed by atoms with Crippen molar-refractivity contribution in [3.63, 3.8) is 0 Å². The van der Waals surface area contributed by atoms with Gasteiger partial charge in [-0.1, -0.05) is 42.0 Å². The lowest BCUT2D eigenvalue weighted by molar-refractivity contribution is -0.112. The number of sulfonamides is 1. The van der Waals surface area contributed by atoms with Crippen LogP contribution in [0.4, 0.5) is 5.69 Å². The quantitative estimate of drug-likeness (QED) is 0.316. The summed E-state index contributed by atoms with van der Waals surface area (Å²) in [6.07, 6.45) is 3.25.